The molecule has 0 unspecified atom stereocenters. The number of hydrogen-bond donors (Lipinski definition) is 0. The van der Waals surface area contributed by atoms with E-state index in [1.165, 1.54) is 6.07 Å². The third-order valence-corrected chi connectivity index (χ3v) is 2.91. The summed E-state index contributed by atoms with van der Waals surface area (Å²) in [6.45, 7) is 0.245. The number of ether oxygens (including phenoxy) is 1. The van der Waals surface area contributed by atoms with E-state index in [-0.39, 0.29) is 6.61 Å². The molecule has 0 aromatic carbocycles. The molecule has 3 rings (SSSR count). The minimum Gasteiger partial charge on any atom is -0.471 e. The van der Waals surface area contributed by atoms with Gasteiger partial charge in [-0.1, -0.05) is 11.3 Å². The van der Waals surface area contributed by atoms with Crippen LogP contribution in [0.3, 0.4) is 0 Å². The Morgan fingerprint density at radius 3 is 2.81 bits per heavy atom. The Bertz CT molecular complexity index is 727. The number of halogens is 1. The SMILES string of the molecule is Cn1nnc(-c2ccc(F)cn2)c1COc1ccccn1. The van der Waals surface area contributed by atoms with Gasteiger partial charge in [0.25, 0.3) is 0 Å². The molecule has 0 amide bonds. The quantitative estimate of drug-likeness (QED) is 0.733. The smallest absolute Gasteiger partial charge is 0.213 e. The predicted molar refractivity (Wildman–Crippen MR) is 72.8 cm³/mol. The minimum atomic E-state index is -0.395. The first-order valence-electron chi connectivity index (χ1n) is 6.28. The van der Waals surface area contributed by atoms with Crippen molar-refractivity contribution in [1.29, 1.82) is 0 Å². The Hall–Kier alpha value is -2.83. The lowest BCUT2D eigenvalue weighted by Gasteiger charge is -2.06. The summed E-state index contributed by atoms with van der Waals surface area (Å²) in [5.74, 6) is 0.116. The molecule has 0 N–H and O–H groups in total. The van der Waals surface area contributed by atoms with E-state index < -0.39 is 5.82 Å². The van der Waals surface area contributed by atoms with E-state index in [1.807, 2.05) is 12.1 Å². The first kappa shape index (κ1) is 13.2. The normalized spacial score (nSPS) is 10.6. The van der Waals surface area contributed by atoms with Crippen LogP contribution in [0.5, 0.6) is 5.88 Å². The minimum absolute atomic E-state index is 0.245. The van der Waals surface area contributed by atoms with Crippen LogP contribution >= 0.6 is 0 Å². The predicted octanol–water partition coefficient (Wildman–Crippen LogP) is 1.99. The van der Waals surface area contributed by atoms with Gasteiger partial charge in [0.05, 0.1) is 11.9 Å². The molecule has 3 heterocycles. The second kappa shape index (κ2) is 5.66. The Labute approximate surface area is 120 Å². The molecule has 0 aliphatic carbocycles. The largest absolute Gasteiger partial charge is 0.471 e. The highest BCUT2D eigenvalue weighted by Crippen LogP contribution is 2.20. The summed E-state index contributed by atoms with van der Waals surface area (Å²) in [7, 11) is 1.76. The van der Waals surface area contributed by atoms with Crippen molar-refractivity contribution < 1.29 is 9.13 Å². The van der Waals surface area contributed by atoms with Gasteiger partial charge in [0.2, 0.25) is 5.88 Å². The highest BCUT2D eigenvalue weighted by Gasteiger charge is 2.15. The van der Waals surface area contributed by atoms with Crippen molar-refractivity contribution in [1.82, 2.24) is 25.0 Å². The van der Waals surface area contributed by atoms with E-state index in [1.54, 1.807) is 30.1 Å². The zero-order valence-corrected chi connectivity index (χ0v) is 11.3. The number of aromatic nitrogens is 5. The van der Waals surface area contributed by atoms with Crippen molar-refractivity contribution in [3.63, 3.8) is 0 Å². The average Bonchev–Trinajstić information content (AvgIpc) is 2.88. The molecular weight excluding hydrogens is 273 g/mol. The van der Waals surface area contributed by atoms with E-state index in [9.17, 15) is 4.39 Å². The summed E-state index contributed by atoms with van der Waals surface area (Å²) >= 11 is 0. The summed E-state index contributed by atoms with van der Waals surface area (Å²) in [6.07, 6.45) is 2.80. The Balaban J connectivity index is 1.85. The van der Waals surface area contributed by atoms with Crippen molar-refractivity contribution in [2.24, 2.45) is 7.05 Å². The van der Waals surface area contributed by atoms with Crippen LogP contribution in [0.1, 0.15) is 5.69 Å². The maximum Gasteiger partial charge on any atom is 0.213 e. The first-order chi connectivity index (χ1) is 10.2. The highest BCUT2D eigenvalue weighted by molar-refractivity contribution is 5.56. The molecule has 0 bridgehead atoms. The molecule has 21 heavy (non-hydrogen) atoms. The van der Waals surface area contributed by atoms with E-state index in [0.29, 0.717) is 17.3 Å². The van der Waals surface area contributed by atoms with Crippen molar-refractivity contribution in [3.05, 3.63) is 54.2 Å². The van der Waals surface area contributed by atoms with Crippen LogP contribution in [-0.4, -0.2) is 25.0 Å². The Morgan fingerprint density at radius 2 is 2.10 bits per heavy atom. The third kappa shape index (κ3) is 2.86. The lowest BCUT2D eigenvalue weighted by molar-refractivity contribution is 0.284. The summed E-state index contributed by atoms with van der Waals surface area (Å²) in [4.78, 5) is 8.10. The van der Waals surface area contributed by atoms with Gasteiger partial charge >= 0.3 is 0 Å². The van der Waals surface area contributed by atoms with Crippen molar-refractivity contribution in [2.75, 3.05) is 0 Å². The summed E-state index contributed by atoms with van der Waals surface area (Å²) in [6, 6.07) is 8.31. The fourth-order valence-corrected chi connectivity index (χ4v) is 1.83. The molecule has 0 fully saturated rings. The molecule has 3 aromatic heterocycles. The van der Waals surface area contributed by atoms with Gasteiger partial charge < -0.3 is 4.74 Å². The van der Waals surface area contributed by atoms with Crippen LogP contribution in [0.15, 0.2) is 42.7 Å². The van der Waals surface area contributed by atoms with Gasteiger partial charge in [0.15, 0.2) is 0 Å². The molecule has 0 aliphatic heterocycles. The number of aryl methyl sites for hydroxylation is 1. The van der Waals surface area contributed by atoms with E-state index in [4.69, 9.17) is 4.74 Å². The maximum atomic E-state index is 12.9. The molecule has 0 atom stereocenters. The molecule has 3 aromatic rings. The molecule has 0 radical (unpaired) electrons. The highest BCUT2D eigenvalue weighted by atomic mass is 19.1. The van der Waals surface area contributed by atoms with Gasteiger partial charge in [-0.3, -0.25) is 4.98 Å². The summed E-state index contributed by atoms with van der Waals surface area (Å²) in [5.41, 5.74) is 1.84. The van der Waals surface area contributed by atoms with Crippen LogP contribution in [-0.2, 0) is 13.7 Å². The molecule has 6 nitrogen and oxygen atoms in total. The topological polar surface area (TPSA) is 65.7 Å². The van der Waals surface area contributed by atoms with Crippen molar-refractivity contribution in [3.8, 4) is 17.3 Å². The lowest BCUT2D eigenvalue weighted by Crippen LogP contribution is -2.05. The van der Waals surface area contributed by atoms with E-state index in [2.05, 4.69) is 20.3 Å². The van der Waals surface area contributed by atoms with Gasteiger partial charge in [-0.15, -0.1) is 5.10 Å². The number of pyridine rings is 2. The standard InChI is InChI=1S/C14H12FN5O/c1-20-12(9-21-13-4-2-3-7-16-13)14(18-19-20)11-6-5-10(15)8-17-11/h2-8H,9H2,1H3. The monoisotopic (exact) mass is 285 g/mol. The van der Waals surface area contributed by atoms with Gasteiger partial charge in [-0.2, -0.15) is 0 Å². The Kier molecular flexibility index (Phi) is 3.55. The number of hydrogen-bond acceptors (Lipinski definition) is 5. The maximum absolute atomic E-state index is 12.9. The second-order valence-electron chi connectivity index (χ2n) is 4.33. The van der Waals surface area contributed by atoms with Crippen LogP contribution in [0.25, 0.3) is 11.4 Å². The molecular formula is C14H12FN5O. The fraction of sp³-hybridized carbons (Fsp3) is 0.143. The van der Waals surface area contributed by atoms with Gasteiger partial charge in [0.1, 0.15) is 23.8 Å². The van der Waals surface area contributed by atoms with E-state index >= 15 is 0 Å². The second-order valence-corrected chi connectivity index (χ2v) is 4.33. The first-order valence-corrected chi connectivity index (χ1v) is 6.28. The lowest BCUT2D eigenvalue weighted by atomic mass is 10.2. The average molecular weight is 285 g/mol. The number of rotatable bonds is 4. The zero-order valence-electron chi connectivity index (χ0n) is 11.3. The third-order valence-electron chi connectivity index (χ3n) is 2.91. The van der Waals surface area contributed by atoms with Gasteiger partial charge in [-0.25, -0.2) is 14.1 Å². The van der Waals surface area contributed by atoms with Crippen LogP contribution < -0.4 is 4.74 Å². The molecule has 0 spiro atoms. The summed E-state index contributed by atoms with van der Waals surface area (Å²) < 4.78 is 20.1. The van der Waals surface area contributed by atoms with Crippen molar-refractivity contribution >= 4 is 0 Å². The molecule has 0 saturated heterocycles. The van der Waals surface area contributed by atoms with E-state index in [0.717, 1.165) is 11.9 Å². The van der Waals surface area contributed by atoms with Gasteiger partial charge in [0, 0.05) is 19.3 Å². The van der Waals surface area contributed by atoms with Crippen LogP contribution in [0.4, 0.5) is 4.39 Å². The zero-order chi connectivity index (χ0) is 14.7. The molecule has 106 valence electrons. The molecule has 7 heteroatoms. The Morgan fingerprint density at radius 1 is 1.19 bits per heavy atom. The van der Waals surface area contributed by atoms with Gasteiger partial charge in [-0.05, 0) is 18.2 Å². The van der Waals surface area contributed by atoms with Crippen LogP contribution in [0.2, 0.25) is 0 Å². The van der Waals surface area contributed by atoms with Crippen LogP contribution in [0, 0.1) is 5.82 Å². The molecule has 0 saturated carbocycles. The molecule has 0 aliphatic rings. The summed E-state index contributed by atoms with van der Waals surface area (Å²) in [5, 5.41) is 8.02. The van der Waals surface area contributed by atoms with Crippen molar-refractivity contribution in [2.45, 2.75) is 6.61 Å². The fourth-order valence-electron chi connectivity index (χ4n) is 1.83. The number of nitrogens with zero attached hydrogens (tertiary/aromatic N) is 5.